The Labute approximate surface area is 193 Å². The molecule has 0 atom stereocenters. The molecule has 166 valence electrons. The fourth-order valence-corrected chi connectivity index (χ4v) is 5.36. The molecule has 1 saturated heterocycles. The molecule has 10 heteroatoms. The van der Waals surface area contributed by atoms with Gasteiger partial charge in [-0.1, -0.05) is 0 Å². The Morgan fingerprint density at radius 3 is 2.73 bits per heavy atom. The minimum atomic E-state index is 0.0775. The van der Waals surface area contributed by atoms with E-state index in [0.29, 0.717) is 16.3 Å². The van der Waals surface area contributed by atoms with E-state index in [1.807, 2.05) is 43.4 Å². The lowest BCUT2D eigenvalue weighted by atomic mass is 10.1. The molecule has 6 rings (SSSR count). The minimum absolute atomic E-state index is 0.0775. The Kier molecular flexibility index (Phi) is 4.68. The normalized spacial score (nSPS) is 14.4. The van der Waals surface area contributed by atoms with Gasteiger partial charge in [-0.3, -0.25) is 14.2 Å². The molecule has 1 aliphatic heterocycles. The van der Waals surface area contributed by atoms with Gasteiger partial charge in [-0.05, 0) is 37.5 Å². The van der Waals surface area contributed by atoms with Gasteiger partial charge in [0.15, 0.2) is 11.5 Å². The maximum atomic E-state index is 13.2. The van der Waals surface area contributed by atoms with E-state index < -0.39 is 0 Å². The van der Waals surface area contributed by atoms with Gasteiger partial charge < -0.3 is 4.90 Å². The second-order valence-corrected chi connectivity index (χ2v) is 9.39. The molecule has 0 saturated carbocycles. The van der Waals surface area contributed by atoms with Crippen molar-refractivity contribution in [3.05, 3.63) is 41.7 Å². The van der Waals surface area contributed by atoms with Gasteiger partial charge in [0.05, 0.1) is 10.6 Å². The zero-order valence-electron chi connectivity index (χ0n) is 18.4. The lowest BCUT2D eigenvalue weighted by molar-refractivity contribution is 0.0729. The van der Waals surface area contributed by atoms with Gasteiger partial charge in [-0.25, -0.2) is 15.0 Å². The summed E-state index contributed by atoms with van der Waals surface area (Å²) in [6.45, 7) is 1.63. The summed E-state index contributed by atoms with van der Waals surface area (Å²) in [5.74, 6) is 0.643. The highest BCUT2D eigenvalue weighted by Gasteiger charge is 2.23. The highest BCUT2D eigenvalue weighted by atomic mass is 32.1. The predicted octanol–water partition coefficient (Wildman–Crippen LogP) is 3.67. The van der Waals surface area contributed by atoms with E-state index in [2.05, 4.69) is 15.2 Å². The molecule has 0 radical (unpaired) electrons. The number of amides is 1. The van der Waals surface area contributed by atoms with E-state index in [-0.39, 0.29) is 5.91 Å². The molecule has 33 heavy (non-hydrogen) atoms. The number of fused-ring (bicyclic) bond motifs is 2. The number of hydrogen-bond donors (Lipinski definition) is 0. The fraction of sp³-hybridized carbons (Fsp3) is 0.304. The topological polar surface area (TPSA) is 94.6 Å². The molecule has 0 bridgehead atoms. The van der Waals surface area contributed by atoms with Crippen molar-refractivity contribution in [2.24, 2.45) is 14.1 Å². The summed E-state index contributed by atoms with van der Waals surface area (Å²) in [5, 5.41) is 10.5. The summed E-state index contributed by atoms with van der Waals surface area (Å²) >= 11 is 1.42. The third-order valence-electron chi connectivity index (χ3n) is 6.04. The van der Waals surface area contributed by atoms with Crippen LogP contribution in [-0.4, -0.2) is 58.4 Å². The minimum Gasteiger partial charge on any atom is -0.338 e. The average molecular weight is 459 g/mol. The molecule has 0 aliphatic carbocycles. The second-order valence-electron chi connectivity index (χ2n) is 8.36. The van der Waals surface area contributed by atoms with Crippen LogP contribution in [0.1, 0.15) is 28.9 Å². The van der Waals surface area contributed by atoms with Gasteiger partial charge in [0.1, 0.15) is 10.5 Å². The smallest absolute Gasteiger partial charge is 0.264 e. The monoisotopic (exact) mass is 458 g/mol. The van der Waals surface area contributed by atoms with Crippen LogP contribution in [0.15, 0.2) is 36.8 Å². The third kappa shape index (κ3) is 3.46. The summed E-state index contributed by atoms with van der Waals surface area (Å²) in [6, 6.07) is 5.86. The molecule has 1 aliphatic rings. The van der Waals surface area contributed by atoms with E-state index in [9.17, 15) is 4.79 Å². The molecule has 0 spiro atoms. The van der Waals surface area contributed by atoms with E-state index >= 15 is 0 Å². The van der Waals surface area contributed by atoms with Gasteiger partial charge in [-0.2, -0.15) is 10.2 Å². The lowest BCUT2D eigenvalue weighted by Gasteiger charge is -2.26. The number of piperidine rings is 1. The summed E-state index contributed by atoms with van der Waals surface area (Å²) in [7, 11) is 3.76. The Morgan fingerprint density at radius 1 is 1.09 bits per heavy atom. The van der Waals surface area contributed by atoms with Crippen LogP contribution in [0.3, 0.4) is 0 Å². The Bertz CT molecular complexity index is 1510. The largest absolute Gasteiger partial charge is 0.338 e. The quantitative estimate of drug-likeness (QED) is 0.409. The van der Waals surface area contributed by atoms with E-state index in [1.54, 1.807) is 21.8 Å². The number of likely N-dealkylation sites (tertiary alicyclic amines) is 1. The molecular weight excluding hydrogens is 436 g/mol. The Morgan fingerprint density at radius 2 is 1.94 bits per heavy atom. The van der Waals surface area contributed by atoms with Crippen molar-refractivity contribution < 1.29 is 4.79 Å². The average Bonchev–Trinajstić information content (AvgIpc) is 3.55. The standard InChI is InChI=1S/C23H22N8OS/c1-29-13-15-10-14(12-24-20(15)28-29)21-26-19(17-6-7-25-30(17)2)16-11-18(33-22(16)27-21)23(32)31-8-4-3-5-9-31/h6-7,10-13H,3-5,8-9H2,1-2H3. The molecule has 0 aromatic carbocycles. The summed E-state index contributed by atoms with van der Waals surface area (Å²) in [6.07, 6.45) is 8.72. The van der Waals surface area contributed by atoms with Crippen LogP contribution in [0.25, 0.3) is 44.0 Å². The molecule has 1 fully saturated rings. The van der Waals surface area contributed by atoms with Crippen molar-refractivity contribution >= 4 is 38.5 Å². The summed E-state index contributed by atoms with van der Waals surface area (Å²) in [4.78, 5) is 30.9. The SMILES string of the molecule is Cn1cc2cc(-c3nc(-c4ccnn4C)c4cc(C(=O)N5CCCCC5)sc4n3)cnc2n1. The first-order chi connectivity index (χ1) is 16.1. The molecule has 5 aromatic heterocycles. The number of aromatic nitrogens is 7. The van der Waals surface area contributed by atoms with Gasteiger partial charge >= 0.3 is 0 Å². The number of pyridine rings is 1. The van der Waals surface area contributed by atoms with Crippen molar-refractivity contribution in [2.45, 2.75) is 19.3 Å². The van der Waals surface area contributed by atoms with Crippen molar-refractivity contribution in [1.82, 2.24) is 39.4 Å². The molecule has 6 heterocycles. The maximum absolute atomic E-state index is 13.2. The summed E-state index contributed by atoms with van der Waals surface area (Å²) in [5.41, 5.74) is 3.11. The lowest BCUT2D eigenvalue weighted by Crippen LogP contribution is -2.35. The highest BCUT2D eigenvalue weighted by molar-refractivity contribution is 7.20. The zero-order chi connectivity index (χ0) is 22.5. The number of hydrogen-bond acceptors (Lipinski definition) is 7. The second kappa shape index (κ2) is 7.73. The van der Waals surface area contributed by atoms with Crippen LogP contribution in [0, 0.1) is 0 Å². The van der Waals surface area contributed by atoms with Crippen molar-refractivity contribution in [3.63, 3.8) is 0 Å². The number of nitrogens with zero attached hydrogens (tertiary/aromatic N) is 8. The Hall–Kier alpha value is -3.66. The van der Waals surface area contributed by atoms with Crippen molar-refractivity contribution in [1.29, 1.82) is 0 Å². The van der Waals surface area contributed by atoms with E-state index in [0.717, 1.165) is 58.5 Å². The highest BCUT2D eigenvalue weighted by Crippen LogP contribution is 2.35. The number of carbonyl (C=O) groups is 1. The van der Waals surface area contributed by atoms with Crippen molar-refractivity contribution in [3.8, 4) is 22.8 Å². The molecule has 5 aromatic rings. The molecule has 0 N–H and O–H groups in total. The van der Waals surface area contributed by atoms with Crippen LogP contribution >= 0.6 is 11.3 Å². The van der Waals surface area contributed by atoms with Gasteiger partial charge in [0.25, 0.3) is 5.91 Å². The third-order valence-corrected chi connectivity index (χ3v) is 7.06. The van der Waals surface area contributed by atoms with Crippen molar-refractivity contribution in [2.75, 3.05) is 13.1 Å². The van der Waals surface area contributed by atoms with Gasteiger partial charge in [-0.15, -0.1) is 11.3 Å². The number of rotatable bonds is 3. The molecule has 9 nitrogen and oxygen atoms in total. The number of carbonyl (C=O) groups excluding carboxylic acids is 1. The summed E-state index contributed by atoms with van der Waals surface area (Å²) < 4.78 is 3.53. The van der Waals surface area contributed by atoms with E-state index in [1.165, 1.54) is 17.8 Å². The first-order valence-electron chi connectivity index (χ1n) is 11.0. The van der Waals surface area contributed by atoms with Crippen LogP contribution in [0.5, 0.6) is 0 Å². The van der Waals surface area contributed by atoms with Crippen LogP contribution in [0.4, 0.5) is 0 Å². The predicted molar refractivity (Wildman–Crippen MR) is 127 cm³/mol. The first-order valence-corrected chi connectivity index (χ1v) is 11.8. The van der Waals surface area contributed by atoms with Gasteiger partial charge in [0, 0.05) is 62.1 Å². The van der Waals surface area contributed by atoms with Gasteiger partial charge in [0.2, 0.25) is 0 Å². The van der Waals surface area contributed by atoms with E-state index in [4.69, 9.17) is 9.97 Å². The number of aryl methyl sites for hydroxylation is 2. The van der Waals surface area contributed by atoms with Crippen LogP contribution in [-0.2, 0) is 14.1 Å². The van der Waals surface area contributed by atoms with Crippen LogP contribution in [0.2, 0.25) is 0 Å². The Balaban J connectivity index is 1.51. The van der Waals surface area contributed by atoms with Crippen LogP contribution < -0.4 is 0 Å². The molecular formula is C23H22N8OS. The number of thiophene rings is 1. The fourth-order valence-electron chi connectivity index (χ4n) is 4.37. The maximum Gasteiger partial charge on any atom is 0.264 e. The molecule has 0 unspecified atom stereocenters. The zero-order valence-corrected chi connectivity index (χ0v) is 19.2. The first kappa shape index (κ1) is 20.0. The molecule has 1 amide bonds.